The van der Waals surface area contributed by atoms with E-state index in [2.05, 4.69) is 14.9 Å². The molecule has 0 aliphatic rings. The molecule has 0 radical (unpaired) electrons. The summed E-state index contributed by atoms with van der Waals surface area (Å²) in [6, 6.07) is 16.4. The number of furan rings is 1. The van der Waals surface area contributed by atoms with Gasteiger partial charge in [-0.2, -0.15) is 4.72 Å². The molecular weight excluding hydrogens is 457 g/mol. The van der Waals surface area contributed by atoms with E-state index in [0.717, 1.165) is 24.7 Å². The Balaban J connectivity index is 1.82. The molecule has 1 aromatic heterocycles. The molecule has 0 aliphatic carbocycles. The van der Waals surface area contributed by atoms with Crippen LogP contribution in [0.15, 0.2) is 82.3 Å². The second-order valence-electron chi connectivity index (χ2n) is 7.79. The van der Waals surface area contributed by atoms with Crippen LogP contribution < -0.4 is 10.0 Å². The van der Waals surface area contributed by atoms with Crippen molar-refractivity contribution in [1.82, 2.24) is 14.9 Å². The van der Waals surface area contributed by atoms with Gasteiger partial charge in [-0.05, 0) is 49.3 Å². The monoisotopic (exact) mass is 487 g/mol. The molecular formula is C25H30FN3O4S. The number of rotatable bonds is 12. The maximum absolute atomic E-state index is 14.2. The molecule has 34 heavy (non-hydrogen) atoms. The topological polar surface area (TPSA) is 91.7 Å². The molecule has 9 heteroatoms. The third kappa shape index (κ3) is 6.53. The molecule has 2 aromatic carbocycles. The molecule has 7 nitrogen and oxygen atoms in total. The number of sulfonamides is 1. The van der Waals surface area contributed by atoms with Gasteiger partial charge in [-0.3, -0.25) is 9.69 Å². The Morgan fingerprint density at radius 2 is 1.68 bits per heavy atom. The van der Waals surface area contributed by atoms with Crippen LogP contribution in [0.1, 0.15) is 31.2 Å². The highest BCUT2D eigenvalue weighted by molar-refractivity contribution is 7.89. The number of carbonyl (C=O) groups is 1. The van der Waals surface area contributed by atoms with Crippen molar-refractivity contribution in [2.45, 2.75) is 37.2 Å². The van der Waals surface area contributed by atoms with Crippen molar-refractivity contribution in [3.8, 4) is 0 Å². The molecule has 0 spiro atoms. The van der Waals surface area contributed by atoms with Crippen LogP contribution in [0.3, 0.4) is 0 Å². The van der Waals surface area contributed by atoms with E-state index in [9.17, 15) is 17.6 Å². The second kappa shape index (κ2) is 11.9. The lowest BCUT2D eigenvalue weighted by atomic mass is 10.1. The minimum Gasteiger partial charge on any atom is -0.468 e. The van der Waals surface area contributed by atoms with E-state index >= 15 is 0 Å². The lowest BCUT2D eigenvalue weighted by Crippen LogP contribution is -2.49. The van der Waals surface area contributed by atoms with E-state index in [-0.39, 0.29) is 19.0 Å². The van der Waals surface area contributed by atoms with Crippen LogP contribution in [-0.2, 0) is 21.2 Å². The van der Waals surface area contributed by atoms with Crippen LogP contribution in [-0.4, -0.2) is 44.9 Å². The molecule has 0 fully saturated rings. The third-order valence-corrected chi connectivity index (χ3v) is 7.12. The average Bonchev–Trinajstić information content (AvgIpc) is 3.36. The Bertz CT molecular complexity index is 1150. The zero-order valence-corrected chi connectivity index (χ0v) is 20.1. The molecule has 3 aromatic rings. The largest absolute Gasteiger partial charge is 0.468 e. The molecule has 0 saturated carbocycles. The van der Waals surface area contributed by atoms with Gasteiger partial charge < -0.3 is 9.73 Å². The summed E-state index contributed by atoms with van der Waals surface area (Å²) in [7, 11) is -4.28. The van der Waals surface area contributed by atoms with Gasteiger partial charge in [0.2, 0.25) is 15.9 Å². The summed E-state index contributed by atoms with van der Waals surface area (Å²) < 4.78 is 48.0. The molecule has 0 aliphatic heterocycles. The summed E-state index contributed by atoms with van der Waals surface area (Å²) in [5.74, 6) is -0.684. The van der Waals surface area contributed by atoms with E-state index in [0.29, 0.717) is 5.76 Å². The average molecular weight is 488 g/mol. The van der Waals surface area contributed by atoms with Crippen LogP contribution >= 0.6 is 0 Å². The van der Waals surface area contributed by atoms with Crippen molar-refractivity contribution in [2.75, 3.05) is 19.6 Å². The number of hydrogen-bond acceptors (Lipinski definition) is 5. The van der Waals surface area contributed by atoms with Crippen LogP contribution in [0.2, 0.25) is 0 Å². The summed E-state index contributed by atoms with van der Waals surface area (Å²) in [5.41, 5.74) is 0.769. The van der Waals surface area contributed by atoms with Crippen molar-refractivity contribution < 1.29 is 22.0 Å². The maximum atomic E-state index is 14.2. The Morgan fingerprint density at radius 3 is 2.29 bits per heavy atom. The van der Waals surface area contributed by atoms with Crippen molar-refractivity contribution in [1.29, 1.82) is 0 Å². The third-order valence-electron chi connectivity index (χ3n) is 5.62. The van der Waals surface area contributed by atoms with Gasteiger partial charge in [0.15, 0.2) is 0 Å². The number of benzene rings is 2. The number of nitrogens with zero attached hydrogens (tertiary/aromatic N) is 1. The Kier molecular flexibility index (Phi) is 8.98. The first-order valence-electron chi connectivity index (χ1n) is 11.2. The number of hydrogen-bond donors (Lipinski definition) is 2. The number of likely N-dealkylation sites (N-methyl/N-ethyl adjacent to an activating group) is 1. The van der Waals surface area contributed by atoms with Crippen molar-refractivity contribution in [3.63, 3.8) is 0 Å². The van der Waals surface area contributed by atoms with Gasteiger partial charge in [0.25, 0.3) is 0 Å². The standard InChI is InChI=1S/C25H30FN3O4S/c1-3-29(4-2)22(23-14-10-16-33-23)18-27-25(30)21(17-19-11-6-5-7-12-19)28-34(31,32)24-15-9-8-13-20(24)26/h5-16,21-22,28H,3-4,17-18H2,1-2H3,(H,27,30)/t21-,22?/m0/s1. The lowest BCUT2D eigenvalue weighted by molar-refractivity contribution is -0.123. The Hall–Kier alpha value is -3.01. The summed E-state index contributed by atoms with van der Waals surface area (Å²) in [4.78, 5) is 14.9. The van der Waals surface area contributed by atoms with Crippen molar-refractivity contribution in [2.24, 2.45) is 0 Å². The fourth-order valence-corrected chi connectivity index (χ4v) is 5.10. The molecule has 1 heterocycles. The molecule has 0 bridgehead atoms. The fraction of sp³-hybridized carbons (Fsp3) is 0.320. The summed E-state index contributed by atoms with van der Waals surface area (Å²) in [6.07, 6.45) is 1.69. The van der Waals surface area contributed by atoms with Crippen LogP contribution in [0.5, 0.6) is 0 Å². The normalized spacial score (nSPS) is 13.5. The molecule has 2 N–H and O–H groups in total. The van der Waals surface area contributed by atoms with Crippen LogP contribution in [0.4, 0.5) is 4.39 Å². The van der Waals surface area contributed by atoms with E-state index in [4.69, 9.17) is 4.42 Å². The predicted molar refractivity (Wildman–Crippen MR) is 128 cm³/mol. The molecule has 1 unspecified atom stereocenters. The minimum atomic E-state index is -4.28. The molecule has 182 valence electrons. The number of carbonyl (C=O) groups excluding carboxylic acids is 1. The smallest absolute Gasteiger partial charge is 0.244 e. The first kappa shape index (κ1) is 25.6. The first-order chi connectivity index (χ1) is 16.4. The first-order valence-corrected chi connectivity index (χ1v) is 12.7. The van der Waals surface area contributed by atoms with Gasteiger partial charge >= 0.3 is 0 Å². The Labute approximate surface area is 200 Å². The zero-order chi connectivity index (χ0) is 24.6. The fourth-order valence-electron chi connectivity index (χ4n) is 3.83. The van der Waals surface area contributed by atoms with Crippen LogP contribution in [0.25, 0.3) is 0 Å². The zero-order valence-electron chi connectivity index (χ0n) is 19.3. The molecule has 2 atom stereocenters. The minimum absolute atomic E-state index is 0.108. The SMILES string of the molecule is CCN(CC)C(CNC(=O)[C@H](Cc1ccccc1)NS(=O)(=O)c1ccccc1F)c1ccco1. The predicted octanol–water partition coefficient (Wildman–Crippen LogP) is 3.51. The summed E-state index contributed by atoms with van der Waals surface area (Å²) >= 11 is 0. The van der Waals surface area contributed by atoms with E-state index in [1.807, 2.05) is 38.1 Å². The molecule has 0 saturated heterocycles. The van der Waals surface area contributed by atoms with Gasteiger partial charge in [-0.15, -0.1) is 0 Å². The summed E-state index contributed by atoms with van der Waals surface area (Å²) in [6.45, 7) is 5.74. The highest BCUT2D eigenvalue weighted by Gasteiger charge is 2.29. The van der Waals surface area contributed by atoms with Gasteiger partial charge in [0.05, 0.1) is 12.3 Å². The van der Waals surface area contributed by atoms with E-state index in [1.54, 1.807) is 24.5 Å². The lowest BCUT2D eigenvalue weighted by Gasteiger charge is -2.29. The maximum Gasteiger partial charge on any atom is 0.244 e. The van der Waals surface area contributed by atoms with Gasteiger partial charge in [-0.1, -0.05) is 56.3 Å². The summed E-state index contributed by atoms with van der Waals surface area (Å²) in [5, 5.41) is 2.87. The highest BCUT2D eigenvalue weighted by atomic mass is 32.2. The molecule has 3 rings (SSSR count). The number of halogens is 1. The Morgan fingerprint density at radius 1 is 1.00 bits per heavy atom. The second-order valence-corrected chi connectivity index (χ2v) is 9.47. The number of nitrogens with one attached hydrogen (secondary N) is 2. The van der Waals surface area contributed by atoms with Gasteiger partial charge in [0.1, 0.15) is 22.5 Å². The quantitative estimate of drug-likeness (QED) is 0.408. The van der Waals surface area contributed by atoms with Crippen molar-refractivity contribution >= 4 is 15.9 Å². The van der Waals surface area contributed by atoms with Crippen LogP contribution in [0, 0.1) is 5.82 Å². The van der Waals surface area contributed by atoms with Gasteiger partial charge in [0, 0.05) is 6.54 Å². The van der Waals surface area contributed by atoms with E-state index in [1.165, 1.54) is 18.2 Å². The van der Waals surface area contributed by atoms with Gasteiger partial charge in [-0.25, -0.2) is 12.8 Å². The highest BCUT2D eigenvalue weighted by Crippen LogP contribution is 2.20. The number of amides is 1. The van der Waals surface area contributed by atoms with Crippen molar-refractivity contribution in [3.05, 3.63) is 90.1 Å². The van der Waals surface area contributed by atoms with E-state index < -0.39 is 32.7 Å². The molecule has 1 amide bonds.